The molecule has 0 aromatic carbocycles. The van der Waals surface area contributed by atoms with Crippen molar-refractivity contribution in [2.45, 2.75) is 31.6 Å². The van der Waals surface area contributed by atoms with Gasteiger partial charge < -0.3 is 0 Å². The number of fused-ring (bicyclic) bond motifs is 1. The molecule has 0 N–H and O–H groups in total. The Morgan fingerprint density at radius 3 is 3.06 bits per heavy atom. The zero-order chi connectivity index (χ0) is 12.5. The Morgan fingerprint density at radius 1 is 1.33 bits per heavy atom. The van der Waals surface area contributed by atoms with E-state index in [2.05, 4.69) is 50.2 Å². The monoisotopic (exact) mass is 237 g/mol. The van der Waals surface area contributed by atoms with Gasteiger partial charge >= 0.3 is 0 Å². The van der Waals surface area contributed by atoms with Gasteiger partial charge in [0.05, 0.1) is 0 Å². The Hall–Kier alpha value is -1.76. The van der Waals surface area contributed by atoms with Crippen LogP contribution in [0.2, 0.25) is 0 Å². The van der Waals surface area contributed by atoms with Gasteiger partial charge in [-0.3, -0.25) is 0 Å². The predicted molar refractivity (Wildman–Crippen MR) is 74.4 cm³/mol. The van der Waals surface area contributed by atoms with Crippen molar-refractivity contribution in [3.63, 3.8) is 0 Å². The van der Waals surface area contributed by atoms with Gasteiger partial charge in [0.1, 0.15) is 12.4 Å². The Morgan fingerprint density at radius 2 is 2.22 bits per heavy atom. The van der Waals surface area contributed by atoms with Gasteiger partial charge in [0.2, 0.25) is 0 Å². The highest BCUT2D eigenvalue weighted by molar-refractivity contribution is 5.50. The highest BCUT2D eigenvalue weighted by Crippen LogP contribution is 2.35. The number of nitrogens with zero attached hydrogens (tertiary/aromatic N) is 1. The molecule has 2 aliphatic carbocycles. The molecule has 18 heavy (non-hydrogen) atoms. The SMILES string of the molecule is C=C1CCCCC1c1c2c(cc[n+]1=C)=CC=C[CH-]2. The summed E-state index contributed by atoms with van der Waals surface area (Å²) in [6, 6.07) is 2.14. The van der Waals surface area contributed by atoms with E-state index in [1.54, 1.807) is 0 Å². The smallest absolute Gasteiger partial charge is 0.156 e. The minimum atomic E-state index is 0.474. The minimum Gasteiger partial charge on any atom is -0.218 e. The largest absolute Gasteiger partial charge is 0.218 e. The van der Waals surface area contributed by atoms with Crippen LogP contribution in [-0.2, 0) is 0 Å². The van der Waals surface area contributed by atoms with Crippen LogP contribution in [0, 0.1) is 13.1 Å². The van der Waals surface area contributed by atoms with Crippen LogP contribution in [-0.4, -0.2) is 0 Å². The zero-order valence-electron chi connectivity index (χ0n) is 10.7. The molecule has 3 rings (SSSR count). The number of hydrogen-bond donors (Lipinski definition) is 0. The molecule has 92 valence electrons. The van der Waals surface area contributed by atoms with Gasteiger partial charge in [0.25, 0.3) is 0 Å². The Bertz CT molecular complexity index is 622. The van der Waals surface area contributed by atoms with Gasteiger partial charge in [-0.15, -0.1) is 24.6 Å². The molecule has 0 amide bonds. The minimum absolute atomic E-state index is 0.474. The molecule has 0 radical (unpaired) electrons. The molecule has 0 aliphatic heterocycles. The molecule has 0 saturated heterocycles. The van der Waals surface area contributed by atoms with E-state index in [1.807, 2.05) is 4.24 Å². The summed E-state index contributed by atoms with van der Waals surface area (Å²) in [6.07, 6.45) is 15.6. The van der Waals surface area contributed by atoms with Gasteiger partial charge in [0.15, 0.2) is 6.20 Å². The summed E-state index contributed by atoms with van der Waals surface area (Å²) in [7, 11) is 0. The quantitative estimate of drug-likeness (QED) is 0.402. The van der Waals surface area contributed by atoms with Crippen LogP contribution < -0.4 is 9.46 Å². The van der Waals surface area contributed by atoms with E-state index in [0.717, 1.165) is 6.42 Å². The second kappa shape index (κ2) is 4.49. The van der Waals surface area contributed by atoms with Crippen LogP contribution in [0.1, 0.15) is 42.9 Å². The first-order valence-corrected chi connectivity index (χ1v) is 6.69. The molecular weight excluding hydrogens is 218 g/mol. The second-order valence-electron chi connectivity index (χ2n) is 5.21. The third-order valence-electron chi connectivity index (χ3n) is 4.04. The van der Waals surface area contributed by atoms with E-state index in [-0.39, 0.29) is 0 Å². The van der Waals surface area contributed by atoms with E-state index >= 15 is 0 Å². The third kappa shape index (κ3) is 1.80. The zero-order valence-corrected chi connectivity index (χ0v) is 10.7. The van der Waals surface area contributed by atoms with Gasteiger partial charge in [-0.2, -0.15) is 0 Å². The lowest BCUT2D eigenvalue weighted by Crippen LogP contribution is -2.32. The summed E-state index contributed by atoms with van der Waals surface area (Å²) in [5.74, 6) is 0.474. The summed E-state index contributed by atoms with van der Waals surface area (Å²) in [4.78, 5) is 0. The second-order valence-corrected chi connectivity index (χ2v) is 5.21. The molecule has 1 unspecified atom stereocenters. The van der Waals surface area contributed by atoms with Crippen molar-refractivity contribution >= 4 is 6.08 Å². The Kier molecular flexibility index (Phi) is 2.83. The molecule has 0 bridgehead atoms. The maximum Gasteiger partial charge on any atom is 0.156 e. The first kappa shape index (κ1) is 11.3. The number of allylic oxidation sites excluding steroid dienone is 3. The van der Waals surface area contributed by atoms with Crippen LogP contribution >= 0.6 is 0 Å². The van der Waals surface area contributed by atoms with Crippen molar-refractivity contribution in [3.05, 3.63) is 66.2 Å². The van der Waals surface area contributed by atoms with E-state index in [0.29, 0.717) is 5.92 Å². The molecule has 1 fully saturated rings. The fraction of sp³-hybridized carbons (Fsp3) is 0.294. The summed E-state index contributed by atoms with van der Waals surface area (Å²) in [5, 5.41) is 1.30. The number of hydrogen-bond acceptors (Lipinski definition) is 0. The van der Waals surface area contributed by atoms with Gasteiger partial charge in [0, 0.05) is 5.92 Å². The molecule has 1 aromatic heterocycles. The van der Waals surface area contributed by atoms with Gasteiger partial charge in [-0.05, 0) is 25.3 Å². The lowest BCUT2D eigenvalue weighted by molar-refractivity contribution is -0.510. The van der Waals surface area contributed by atoms with Crippen molar-refractivity contribution in [1.82, 2.24) is 0 Å². The van der Waals surface area contributed by atoms with Crippen LogP contribution in [0.25, 0.3) is 6.08 Å². The van der Waals surface area contributed by atoms with Crippen molar-refractivity contribution in [2.75, 3.05) is 0 Å². The standard InChI is InChI=1S/C17H19N/c1-13-7-3-5-9-15(13)17-16-10-6-4-8-14(16)11-12-18(17)2/h4,6,8,10-12,15H,1-3,5,7,9H2. The fourth-order valence-corrected chi connectivity index (χ4v) is 3.08. The number of aromatic nitrogens is 1. The molecule has 1 atom stereocenters. The van der Waals surface area contributed by atoms with Crippen molar-refractivity contribution in [1.29, 1.82) is 0 Å². The Balaban J connectivity index is 2.17. The summed E-state index contributed by atoms with van der Waals surface area (Å²) < 4.78 is 2.03. The van der Waals surface area contributed by atoms with E-state index in [4.69, 9.17) is 0 Å². The molecule has 1 heteroatoms. The maximum atomic E-state index is 4.28. The molecule has 1 nitrogen and oxygen atoms in total. The molecule has 1 aromatic rings. The fourth-order valence-electron chi connectivity index (χ4n) is 3.08. The normalized spacial score (nSPS) is 22.0. The predicted octanol–water partition coefficient (Wildman–Crippen LogP) is 2.73. The highest BCUT2D eigenvalue weighted by atomic mass is 14.8. The molecule has 1 heterocycles. The topological polar surface area (TPSA) is 5.90 Å². The average Bonchev–Trinajstić information content (AvgIpc) is 2.40. The van der Waals surface area contributed by atoms with E-state index in [9.17, 15) is 0 Å². The first-order valence-electron chi connectivity index (χ1n) is 6.69. The van der Waals surface area contributed by atoms with Gasteiger partial charge in [-0.1, -0.05) is 29.4 Å². The molecular formula is C17H19N. The van der Waals surface area contributed by atoms with Crippen LogP contribution in [0.4, 0.5) is 0 Å². The molecule has 1 saturated carbocycles. The van der Waals surface area contributed by atoms with E-state index < -0.39 is 0 Å². The van der Waals surface area contributed by atoms with E-state index in [1.165, 1.54) is 41.3 Å². The van der Waals surface area contributed by atoms with Crippen molar-refractivity contribution in [2.24, 2.45) is 0 Å². The molecule has 2 aliphatic rings. The van der Waals surface area contributed by atoms with Crippen LogP contribution in [0.15, 0.2) is 36.6 Å². The molecule has 0 spiro atoms. The van der Waals surface area contributed by atoms with Gasteiger partial charge in [-0.25, -0.2) is 4.24 Å². The average molecular weight is 237 g/mol. The Labute approximate surface area is 109 Å². The van der Waals surface area contributed by atoms with Crippen LogP contribution in [0.5, 0.6) is 0 Å². The van der Waals surface area contributed by atoms with Crippen molar-refractivity contribution < 1.29 is 4.24 Å². The third-order valence-corrected chi connectivity index (χ3v) is 4.04. The maximum absolute atomic E-state index is 4.28. The highest BCUT2D eigenvalue weighted by Gasteiger charge is 2.24. The van der Waals surface area contributed by atoms with Crippen molar-refractivity contribution in [3.8, 4) is 0 Å². The lowest BCUT2D eigenvalue weighted by Gasteiger charge is -2.27. The summed E-state index contributed by atoms with van der Waals surface area (Å²) in [6.45, 7) is 8.43. The summed E-state index contributed by atoms with van der Waals surface area (Å²) >= 11 is 0. The number of pyridine rings is 1. The number of rotatable bonds is 1. The first-order chi connectivity index (χ1) is 8.77. The van der Waals surface area contributed by atoms with Crippen LogP contribution in [0.3, 0.4) is 0 Å². The summed E-state index contributed by atoms with van der Waals surface area (Å²) in [5.41, 5.74) is 4.02. The lowest BCUT2D eigenvalue weighted by atomic mass is 9.80.